The summed E-state index contributed by atoms with van der Waals surface area (Å²) in [6.07, 6.45) is 0.630. The lowest BCUT2D eigenvalue weighted by Gasteiger charge is -2.33. The minimum atomic E-state index is -0.570. The molecule has 1 aliphatic rings. The third-order valence-corrected chi connectivity index (χ3v) is 3.26. The Kier molecular flexibility index (Phi) is 4.92. The summed E-state index contributed by atoms with van der Waals surface area (Å²) in [6, 6.07) is 3.40. The lowest BCUT2D eigenvalue weighted by molar-refractivity contribution is -0.0333. The van der Waals surface area contributed by atoms with Crippen LogP contribution < -0.4 is 0 Å². The highest BCUT2D eigenvalue weighted by atomic mass is 19.1. The van der Waals surface area contributed by atoms with E-state index < -0.39 is 5.82 Å². The molecule has 6 heteroatoms. The Hall–Kier alpha value is -1.66. The molecule has 1 amide bonds. The van der Waals surface area contributed by atoms with Crippen LogP contribution in [0.1, 0.15) is 16.8 Å². The topological polar surface area (TPSA) is 59.0 Å². The SMILES string of the molecule is COCCC1CN(C(=O)c2ccc(F)cc2O)CCO1. The monoisotopic (exact) mass is 283 g/mol. The fourth-order valence-corrected chi connectivity index (χ4v) is 2.18. The maximum Gasteiger partial charge on any atom is 0.257 e. The molecule has 0 bridgehead atoms. The fraction of sp³-hybridized carbons (Fsp3) is 0.500. The number of nitrogens with zero attached hydrogens (tertiary/aromatic N) is 1. The molecule has 5 nitrogen and oxygen atoms in total. The van der Waals surface area contributed by atoms with E-state index in [1.165, 1.54) is 6.07 Å². The van der Waals surface area contributed by atoms with Gasteiger partial charge in [-0.05, 0) is 18.6 Å². The fourth-order valence-electron chi connectivity index (χ4n) is 2.18. The number of aromatic hydroxyl groups is 1. The maximum atomic E-state index is 12.9. The number of amides is 1. The van der Waals surface area contributed by atoms with E-state index in [-0.39, 0.29) is 23.3 Å². The van der Waals surface area contributed by atoms with Crippen molar-refractivity contribution in [1.29, 1.82) is 0 Å². The van der Waals surface area contributed by atoms with Crippen LogP contribution in [0.25, 0.3) is 0 Å². The summed E-state index contributed by atoms with van der Waals surface area (Å²) >= 11 is 0. The first kappa shape index (κ1) is 14.7. The molecule has 0 aromatic heterocycles. The molecule has 1 aliphatic heterocycles. The third kappa shape index (κ3) is 3.46. The van der Waals surface area contributed by atoms with Gasteiger partial charge in [-0.15, -0.1) is 0 Å². The number of halogens is 1. The van der Waals surface area contributed by atoms with Gasteiger partial charge in [0, 0.05) is 32.9 Å². The van der Waals surface area contributed by atoms with E-state index >= 15 is 0 Å². The molecule has 110 valence electrons. The number of rotatable bonds is 4. The van der Waals surface area contributed by atoms with E-state index in [2.05, 4.69) is 0 Å². The summed E-state index contributed by atoms with van der Waals surface area (Å²) in [5, 5.41) is 9.66. The van der Waals surface area contributed by atoms with Crippen molar-refractivity contribution in [2.24, 2.45) is 0 Å². The first-order chi connectivity index (χ1) is 9.61. The van der Waals surface area contributed by atoms with Crippen LogP contribution in [-0.2, 0) is 9.47 Å². The van der Waals surface area contributed by atoms with Crippen molar-refractivity contribution in [2.75, 3.05) is 33.4 Å². The normalized spacial score (nSPS) is 19.1. The highest BCUT2D eigenvalue weighted by Gasteiger charge is 2.26. The number of carbonyl (C=O) groups is 1. The summed E-state index contributed by atoms with van der Waals surface area (Å²) in [7, 11) is 1.61. The number of morpholine rings is 1. The molecule has 0 spiro atoms. The van der Waals surface area contributed by atoms with Gasteiger partial charge < -0.3 is 19.5 Å². The van der Waals surface area contributed by atoms with E-state index in [1.807, 2.05) is 0 Å². The Morgan fingerprint density at radius 3 is 3.10 bits per heavy atom. The quantitative estimate of drug-likeness (QED) is 0.907. The van der Waals surface area contributed by atoms with Crippen molar-refractivity contribution < 1.29 is 23.8 Å². The number of ether oxygens (including phenoxy) is 2. The van der Waals surface area contributed by atoms with Crippen LogP contribution in [0, 0.1) is 5.82 Å². The van der Waals surface area contributed by atoms with Gasteiger partial charge in [0.2, 0.25) is 0 Å². The second kappa shape index (κ2) is 6.67. The molecule has 1 fully saturated rings. The minimum absolute atomic E-state index is 0.0739. The lowest BCUT2D eigenvalue weighted by Crippen LogP contribution is -2.46. The lowest BCUT2D eigenvalue weighted by atomic mass is 10.1. The van der Waals surface area contributed by atoms with E-state index in [4.69, 9.17) is 9.47 Å². The average molecular weight is 283 g/mol. The van der Waals surface area contributed by atoms with Crippen LogP contribution in [0.5, 0.6) is 5.75 Å². The van der Waals surface area contributed by atoms with Crippen molar-refractivity contribution >= 4 is 5.91 Å². The molecule has 1 heterocycles. The molecule has 1 atom stereocenters. The van der Waals surface area contributed by atoms with Crippen molar-refractivity contribution in [3.8, 4) is 5.75 Å². The van der Waals surface area contributed by atoms with Gasteiger partial charge >= 0.3 is 0 Å². The number of phenols is 1. The molecule has 1 unspecified atom stereocenters. The van der Waals surface area contributed by atoms with Crippen molar-refractivity contribution in [2.45, 2.75) is 12.5 Å². The Labute approximate surface area is 116 Å². The zero-order valence-electron chi connectivity index (χ0n) is 11.3. The predicted octanol–water partition coefficient (Wildman–Crippen LogP) is 1.41. The van der Waals surface area contributed by atoms with Crippen LogP contribution in [0.4, 0.5) is 4.39 Å². The minimum Gasteiger partial charge on any atom is -0.507 e. The Bertz CT molecular complexity index is 480. The second-order valence-electron chi connectivity index (χ2n) is 4.69. The molecule has 20 heavy (non-hydrogen) atoms. The van der Waals surface area contributed by atoms with Gasteiger partial charge in [0.1, 0.15) is 11.6 Å². The molecular weight excluding hydrogens is 265 g/mol. The van der Waals surface area contributed by atoms with E-state index in [9.17, 15) is 14.3 Å². The summed E-state index contributed by atoms with van der Waals surface area (Å²) in [5.74, 6) is -1.22. The third-order valence-electron chi connectivity index (χ3n) is 3.26. The number of methoxy groups -OCH3 is 1. The Morgan fingerprint density at radius 1 is 1.60 bits per heavy atom. The first-order valence-corrected chi connectivity index (χ1v) is 6.50. The van der Waals surface area contributed by atoms with Gasteiger partial charge in [0.15, 0.2) is 0 Å². The molecule has 1 aromatic rings. The molecule has 1 N–H and O–H groups in total. The molecule has 0 aliphatic carbocycles. The molecule has 2 rings (SSSR count). The second-order valence-corrected chi connectivity index (χ2v) is 4.69. The van der Waals surface area contributed by atoms with Crippen LogP contribution >= 0.6 is 0 Å². The number of carbonyl (C=O) groups excluding carboxylic acids is 1. The van der Waals surface area contributed by atoms with Gasteiger partial charge in [-0.25, -0.2) is 4.39 Å². The van der Waals surface area contributed by atoms with Gasteiger partial charge in [0.25, 0.3) is 5.91 Å². The molecular formula is C14H18FNO4. The highest BCUT2D eigenvalue weighted by Crippen LogP contribution is 2.21. The summed E-state index contributed by atoms with van der Waals surface area (Å²) in [5.41, 5.74) is 0.110. The first-order valence-electron chi connectivity index (χ1n) is 6.50. The summed E-state index contributed by atoms with van der Waals surface area (Å²) in [4.78, 5) is 13.9. The highest BCUT2D eigenvalue weighted by molar-refractivity contribution is 5.96. The smallest absolute Gasteiger partial charge is 0.257 e. The van der Waals surface area contributed by atoms with Crippen molar-refractivity contribution in [3.63, 3.8) is 0 Å². The van der Waals surface area contributed by atoms with Gasteiger partial charge in [-0.1, -0.05) is 0 Å². The number of phenolic OH excluding ortho intramolecular Hbond substituents is 1. The number of hydrogen-bond donors (Lipinski definition) is 1. The zero-order chi connectivity index (χ0) is 14.5. The van der Waals surface area contributed by atoms with Crippen molar-refractivity contribution in [3.05, 3.63) is 29.6 Å². The van der Waals surface area contributed by atoms with E-state index in [0.717, 1.165) is 12.1 Å². The summed E-state index contributed by atoms with van der Waals surface area (Å²) < 4.78 is 23.5. The summed E-state index contributed by atoms with van der Waals surface area (Å²) in [6.45, 7) is 1.91. The van der Waals surface area contributed by atoms with Crippen LogP contribution in [0.15, 0.2) is 18.2 Å². The maximum absolute atomic E-state index is 12.9. The van der Waals surface area contributed by atoms with Gasteiger partial charge in [-0.2, -0.15) is 0 Å². The van der Waals surface area contributed by atoms with Gasteiger partial charge in [-0.3, -0.25) is 4.79 Å². The van der Waals surface area contributed by atoms with E-state index in [1.54, 1.807) is 12.0 Å². The molecule has 0 saturated carbocycles. The average Bonchev–Trinajstić information content (AvgIpc) is 2.45. The molecule has 1 saturated heterocycles. The standard InChI is InChI=1S/C14H18FNO4/c1-19-6-4-11-9-16(5-7-20-11)14(18)12-3-2-10(15)8-13(12)17/h2-3,8,11,17H,4-7,9H2,1H3. The van der Waals surface area contributed by atoms with E-state index in [0.29, 0.717) is 32.7 Å². The Morgan fingerprint density at radius 2 is 2.40 bits per heavy atom. The van der Waals surface area contributed by atoms with Crippen molar-refractivity contribution in [1.82, 2.24) is 4.90 Å². The van der Waals surface area contributed by atoms with Crippen LogP contribution in [0.3, 0.4) is 0 Å². The number of hydrogen-bond acceptors (Lipinski definition) is 4. The predicted molar refractivity (Wildman–Crippen MR) is 70.2 cm³/mol. The van der Waals surface area contributed by atoms with Gasteiger partial charge in [0.05, 0.1) is 18.3 Å². The Balaban J connectivity index is 2.04. The van der Waals surface area contributed by atoms with Crippen LogP contribution in [-0.4, -0.2) is 55.4 Å². The molecule has 1 aromatic carbocycles. The largest absolute Gasteiger partial charge is 0.507 e. The zero-order valence-corrected chi connectivity index (χ0v) is 11.3. The van der Waals surface area contributed by atoms with Crippen LogP contribution in [0.2, 0.25) is 0 Å². The number of benzene rings is 1. The molecule has 0 radical (unpaired) electrons.